The van der Waals surface area contributed by atoms with Crippen molar-refractivity contribution in [2.75, 3.05) is 41.0 Å². The van der Waals surface area contributed by atoms with Gasteiger partial charge in [-0.2, -0.15) is 8.42 Å². The summed E-state index contributed by atoms with van der Waals surface area (Å²) in [5.41, 5.74) is -6.19. The number of aliphatic hydroxyl groups excluding tert-OH is 1. The molecule has 97 heavy (non-hydrogen) atoms. The van der Waals surface area contributed by atoms with Gasteiger partial charge in [-0.3, -0.25) is 43.4 Å². The number of nitro groups is 1. The number of hydrogen-bond donors (Lipinski definition) is 4. The van der Waals surface area contributed by atoms with Gasteiger partial charge in [0, 0.05) is 62.0 Å². The summed E-state index contributed by atoms with van der Waals surface area (Å²) in [6, 6.07) is 7.64. The summed E-state index contributed by atoms with van der Waals surface area (Å²) in [6.07, 6.45) is 0.696. The summed E-state index contributed by atoms with van der Waals surface area (Å²) in [5, 5.41) is 28.8. The maximum absolute atomic E-state index is 13.3. The molecule has 8 rings (SSSR count). The number of amides is 6. The molecule has 0 unspecified atom stereocenters. The lowest BCUT2D eigenvalue weighted by molar-refractivity contribution is -0.384. The molecule has 0 aromatic heterocycles. The second-order valence-electron chi connectivity index (χ2n) is 26.8. The first kappa shape index (κ1) is 79.3. The number of nitro benzene ring substituents is 1. The first-order valence-corrected chi connectivity index (χ1v) is 32.7. The van der Waals surface area contributed by atoms with E-state index in [-0.39, 0.29) is 81.2 Å². The summed E-state index contributed by atoms with van der Waals surface area (Å²) in [6.45, 7) is 25.9. The fourth-order valence-corrected chi connectivity index (χ4v) is 12.5. The van der Waals surface area contributed by atoms with Gasteiger partial charge >= 0.3 is 42.2 Å². The van der Waals surface area contributed by atoms with Crippen molar-refractivity contribution in [1.82, 2.24) is 30.7 Å². The van der Waals surface area contributed by atoms with Gasteiger partial charge in [0.15, 0.2) is 0 Å². The van der Waals surface area contributed by atoms with Gasteiger partial charge in [-0.25, -0.2) is 33.6 Å². The maximum Gasteiger partial charge on any atom is 0.411 e. The number of benzene rings is 2. The molecule has 6 fully saturated rings. The Morgan fingerprint density at radius 3 is 1.25 bits per heavy atom. The minimum atomic E-state index is -4.17. The molecule has 2 aromatic carbocycles. The summed E-state index contributed by atoms with van der Waals surface area (Å²) in [4.78, 5) is 140. The van der Waals surface area contributed by atoms with Gasteiger partial charge in [0.05, 0.1) is 68.6 Å². The Kier molecular flexibility index (Phi) is 25.3. The standard InChI is InChI=1S/C24H29N3O9.C23H29BrN2O8S.C17H26N2O6.B/c1-6-15-12-24(15,21(30)34-5)25-19(28)18-11-17(13-26(18)22(31)36-23(2,3)4)35-20(29)14-7-9-16(10-8-14)27(32)33;1-6-14-12-23(14,20(28)32-5)25-19(27)18-11-16(13-26(18)21(29)33-22(2,3)4)34-35(30,31)17-9-7-15(24)8-10-17;1-6-10-8-17(10,14(22)24-5)18-13(21)12-7-11(20)9-19(12)15(23)25-16(2,3)4;/h6-10,15,17-18H,1,11-13H2,2-5H3,(H,25,28);6-10,14,16,18H,1,11-13H2,2-5H3,(H,25,27);6,10-12,20H,1,7-9H2,2-5H3,(H,18,21);/t15-,17+,18+,24-;14-,16+,18+,23-;10-,11-,12+,17-;/m111./s1. The van der Waals surface area contributed by atoms with Gasteiger partial charge < -0.3 is 54.2 Å². The Labute approximate surface area is 572 Å². The number of aliphatic hydroxyl groups is 1. The summed E-state index contributed by atoms with van der Waals surface area (Å²) in [7, 11) is -0.485. The number of likely N-dealkylation sites (tertiary alicyclic amines) is 3. The molecule has 12 atom stereocenters. The van der Waals surface area contributed by atoms with Crippen LogP contribution >= 0.6 is 15.9 Å². The lowest BCUT2D eigenvalue weighted by atomic mass is 10.1. The van der Waals surface area contributed by atoms with E-state index in [1.165, 1.54) is 62.6 Å². The van der Waals surface area contributed by atoms with Gasteiger partial charge in [0.25, 0.3) is 15.8 Å². The molecule has 6 amide bonds. The van der Waals surface area contributed by atoms with Crippen LogP contribution < -0.4 is 16.0 Å². The molecular formula is C64H84BBrN7O23S. The van der Waals surface area contributed by atoms with Crippen molar-refractivity contribution in [3.05, 3.63) is 107 Å². The molecule has 3 radical (unpaired) electrons. The highest BCUT2D eigenvalue weighted by Gasteiger charge is 2.64. The zero-order valence-corrected chi connectivity index (χ0v) is 58.5. The molecule has 0 spiro atoms. The quantitative estimate of drug-likeness (QED) is 0.0278. The van der Waals surface area contributed by atoms with E-state index >= 15 is 0 Å². The number of nitrogens with one attached hydrogen (secondary N) is 3. The van der Waals surface area contributed by atoms with Crippen molar-refractivity contribution in [3.8, 4) is 0 Å². The van der Waals surface area contributed by atoms with Crippen LogP contribution in [-0.4, -0.2) is 212 Å². The predicted octanol–water partition coefficient (Wildman–Crippen LogP) is 5.34. The molecule has 3 heterocycles. The maximum atomic E-state index is 13.3. The molecule has 3 saturated heterocycles. The van der Waals surface area contributed by atoms with Crippen molar-refractivity contribution in [1.29, 1.82) is 0 Å². The zero-order valence-electron chi connectivity index (χ0n) is 56.1. The van der Waals surface area contributed by atoms with Crippen molar-refractivity contribution in [2.45, 2.75) is 176 Å². The zero-order chi connectivity index (χ0) is 72.0. The average molecular weight is 1440 g/mol. The number of carbonyl (C=O) groups is 10. The predicted molar refractivity (Wildman–Crippen MR) is 348 cm³/mol. The van der Waals surface area contributed by atoms with E-state index in [0.29, 0.717) is 23.7 Å². The van der Waals surface area contributed by atoms with E-state index in [9.17, 15) is 71.6 Å². The highest BCUT2D eigenvalue weighted by atomic mass is 79.9. The highest BCUT2D eigenvalue weighted by molar-refractivity contribution is 9.10. The Bertz CT molecular complexity index is 3490. The smallest absolute Gasteiger partial charge is 0.411 e. The first-order chi connectivity index (χ1) is 44.6. The van der Waals surface area contributed by atoms with E-state index in [1.54, 1.807) is 92.7 Å². The van der Waals surface area contributed by atoms with Crippen LogP contribution in [0.5, 0.6) is 0 Å². The number of ether oxygens (including phenoxy) is 7. The van der Waals surface area contributed by atoms with Gasteiger partial charge in [-0.05, 0) is 118 Å². The molecule has 3 aliphatic carbocycles. The molecule has 529 valence electrons. The molecule has 3 aliphatic heterocycles. The summed E-state index contributed by atoms with van der Waals surface area (Å²) >= 11 is 3.25. The van der Waals surface area contributed by atoms with E-state index in [2.05, 4.69) is 51.6 Å². The number of non-ortho nitro benzene ring substituents is 1. The van der Waals surface area contributed by atoms with Crippen LogP contribution in [0.3, 0.4) is 0 Å². The second kappa shape index (κ2) is 31.0. The Morgan fingerprint density at radius 2 is 0.918 bits per heavy atom. The number of rotatable bonds is 18. The van der Waals surface area contributed by atoms with Crippen LogP contribution in [0, 0.1) is 27.9 Å². The number of methoxy groups -OCH3 is 3. The molecule has 33 heteroatoms. The number of nitrogens with zero attached hydrogens (tertiary/aromatic N) is 4. The lowest BCUT2D eigenvalue weighted by Gasteiger charge is -2.28. The molecular weight excluding hydrogens is 1360 g/mol. The largest absolute Gasteiger partial charge is 0.467 e. The topological polar surface area (TPSA) is 388 Å². The van der Waals surface area contributed by atoms with Gasteiger partial charge in [0.2, 0.25) is 17.7 Å². The fourth-order valence-electron chi connectivity index (χ4n) is 11.1. The van der Waals surface area contributed by atoms with E-state index in [4.69, 9.17) is 37.3 Å². The van der Waals surface area contributed by atoms with Crippen molar-refractivity contribution in [3.63, 3.8) is 0 Å². The van der Waals surface area contributed by atoms with Crippen LogP contribution in [0.4, 0.5) is 20.1 Å². The summed E-state index contributed by atoms with van der Waals surface area (Å²) < 4.78 is 67.8. The SMILES string of the molecule is C=C[C@@H]1C[C@]1(NC(=O)[C@@H]1C[C@@H](O)CN1C(=O)OC(C)(C)C)C(=O)OC.C=C[C@@H]1C[C@]1(NC(=O)[C@@H]1C[C@H](OC(=O)c2ccc([N+](=O)[O-])cc2)CN1C(=O)OC(C)(C)C)C(=O)OC.C=C[C@@H]1C[C@]1(NC(=O)[C@@H]1C[C@H](OS(=O)(=O)c2ccc(Br)cc2)CN1C(=O)OC(C)(C)C)C(=O)OC.[B]. The molecule has 3 saturated carbocycles. The van der Waals surface area contributed by atoms with Gasteiger partial charge in [-0.15, -0.1) is 19.7 Å². The molecule has 30 nitrogen and oxygen atoms in total. The number of halogens is 1. The average Bonchev–Trinajstić information content (AvgIpc) is 1.60. The van der Waals surface area contributed by atoms with Crippen molar-refractivity contribution in [2.24, 2.45) is 17.8 Å². The summed E-state index contributed by atoms with van der Waals surface area (Å²) in [5.74, 6) is -5.19. The minimum Gasteiger partial charge on any atom is -0.467 e. The van der Waals surface area contributed by atoms with E-state index in [1.807, 2.05) is 0 Å². The first-order valence-electron chi connectivity index (χ1n) is 30.5. The molecule has 4 N–H and O–H groups in total. The van der Waals surface area contributed by atoms with E-state index < -0.39 is 145 Å². The Hall–Kier alpha value is -8.43. The molecule has 2 aromatic rings. The Morgan fingerprint density at radius 1 is 0.577 bits per heavy atom. The monoisotopic (exact) mass is 1440 g/mol. The number of carbonyl (C=O) groups excluding carboxylic acids is 10. The fraction of sp³-hybridized carbons (Fsp3) is 0.562. The second-order valence-corrected chi connectivity index (χ2v) is 29.2. The number of esters is 4. The van der Waals surface area contributed by atoms with Crippen LogP contribution in [0.2, 0.25) is 0 Å². The third-order valence-corrected chi connectivity index (χ3v) is 18.0. The number of hydrogen-bond acceptors (Lipinski definition) is 23. The lowest BCUT2D eigenvalue weighted by Crippen LogP contribution is -2.53. The van der Waals surface area contributed by atoms with Crippen molar-refractivity contribution >= 4 is 100 Å². The van der Waals surface area contributed by atoms with Crippen LogP contribution in [0.15, 0.2) is 95.9 Å². The Balaban J connectivity index is 0.000000266. The van der Waals surface area contributed by atoms with Crippen LogP contribution in [0.1, 0.15) is 111 Å². The third-order valence-electron chi connectivity index (χ3n) is 16.1. The normalized spacial score (nSPS) is 26.7. The minimum absolute atomic E-state index is 0. The van der Waals surface area contributed by atoms with Crippen molar-refractivity contribution < 1.29 is 104 Å². The third kappa shape index (κ3) is 19.5. The molecule has 0 bridgehead atoms. The molecule has 6 aliphatic rings. The van der Waals surface area contributed by atoms with Gasteiger partial charge in [-0.1, -0.05) is 34.2 Å². The highest BCUT2D eigenvalue weighted by Crippen LogP contribution is 2.48. The van der Waals surface area contributed by atoms with Crippen LogP contribution in [-0.2, 0) is 76.2 Å². The van der Waals surface area contributed by atoms with Gasteiger partial charge in [0.1, 0.15) is 57.6 Å². The number of β-amino-alcohol motifs (C(OH)–C–C–N with tert-alkyl or cyclic N) is 1. The van der Waals surface area contributed by atoms with E-state index in [0.717, 1.165) is 9.80 Å². The van der Waals surface area contributed by atoms with Crippen LogP contribution in [0.25, 0.3) is 0 Å².